The second-order valence-corrected chi connectivity index (χ2v) is 16.2. The molecule has 0 aromatic heterocycles. The Morgan fingerprint density at radius 1 is 0.534 bits per heavy atom. The first-order chi connectivity index (χ1) is 28.5. The van der Waals surface area contributed by atoms with Crippen LogP contribution < -0.4 is 5.32 Å². The van der Waals surface area contributed by atoms with Crippen LogP contribution in [0, 0.1) is 0 Å². The lowest BCUT2D eigenvalue weighted by atomic mass is 10.0. The topological polar surface area (TPSA) is 95.9 Å². The van der Waals surface area contributed by atoms with Crippen molar-refractivity contribution in [1.29, 1.82) is 0 Å². The van der Waals surface area contributed by atoms with Crippen LogP contribution >= 0.6 is 0 Å². The van der Waals surface area contributed by atoms with Gasteiger partial charge in [0.25, 0.3) is 0 Å². The third kappa shape index (κ3) is 40.1. The molecule has 334 valence electrons. The molecule has 0 saturated heterocycles. The number of aliphatic hydroxyl groups is 2. The normalized spacial score (nSPS) is 13.9. The number of aliphatic hydroxyl groups excluding tert-OH is 2. The average Bonchev–Trinajstić information content (AvgIpc) is 3.22. The number of unbranched alkanes of at least 4 members (excludes halogenated alkanes) is 20. The number of rotatable bonds is 42. The van der Waals surface area contributed by atoms with Gasteiger partial charge in [-0.15, -0.1) is 0 Å². The summed E-state index contributed by atoms with van der Waals surface area (Å²) in [6, 6.07) is -0.712. The van der Waals surface area contributed by atoms with Gasteiger partial charge in [-0.1, -0.05) is 203 Å². The van der Waals surface area contributed by atoms with Gasteiger partial charge >= 0.3 is 5.97 Å². The maximum Gasteiger partial charge on any atom is 0.306 e. The molecule has 3 unspecified atom stereocenters. The van der Waals surface area contributed by atoms with Crippen LogP contribution in [-0.2, 0) is 14.3 Å². The number of carbonyl (C=O) groups excluding carboxylic acids is 2. The lowest BCUT2D eigenvalue weighted by Crippen LogP contribution is -2.46. The summed E-state index contributed by atoms with van der Waals surface area (Å²) in [6.07, 6.45) is 56.7. The first kappa shape index (κ1) is 55.3. The van der Waals surface area contributed by atoms with E-state index in [0.717, 1.165) is 109 Å². The molecular formula is C52H91NO5. The molecule has 0 fully saturated rings. The fourth-order valence-corrected chi connectivity index (χ4v) is 6.97. The summed E-state index contributed by atoms with van der Waals surface area (Å²) in [5, 5.41) is 23.7. The van der Waals surface area contributed by atoms with Crippen molar-refractivity contribution in [3.63, 3.8) is 0 Å². The Morgan fingerprint density at radius 2 is 1.02 bits per heavy atom. The Balaban J connectivity index is 4.64. The van der Waals surface area contributed by atoms with Crippen molar-refractivity contribution < 1.29 is 24.5 Å². The minimum atomic E-state index is -0.797. The molecule has 0 aliphatic rings. The second-order valence-electron chi connectivity index (χ2n) is 16.2. The van der Waals surface area contributed by atoms with E-state index < -0.39 is 18.2 Å². The van der Waals surface area contributed by atoms with Gasteiger partial charge in [0.05, 0.1) is 25.2 Å². The van der Waals surface area contributed by atoms with Crippen LogP contribution in [0.5, 0.6) is 0 Å². The molecule has 0 aliphatic heterocycles. The summed E-state index contributed by atoms with van der Waals surface area (Å²) in [5.41, 5.74) is 0. The molecule has 3 atom stereocenters. The average molecular weight is 810 g/mol. The number of amides is 1. The van der Waals surface area contributed by atoms with Crippen LogP contribution in [0.25, 0.3) is 0 Å². The van der Waals surface area contributed by atoms with E-state index in [1.54, 1.807) is 0 Å². The summed E-state index contributed by atoms with van der Waals surface area (Å²) in [7, 11) is 0. The van der Waals surface area contributed by atoms with Crippen LogP contribution in [0.1, 0.15) is 220 Å². The van der Waals surface area contributed by atoms with E-state index in [0.29, 0.717) is 19.3 Å². The van der Waals surface area contributed by atoms with Crippen LogP contribution in [0.15, 0.2) is 72.9 Å². The molecule has 0 saturated carbocycles. The molecule has 0 heterocycles. The van der Waals surface area contributed by atoms with Gasteiger partial charge in [0, 0.05) is 6.42 Å². The predicted molar refractivity (Wildman–Crippen MR) is 250 cm³/mol. The Labute approximate surface area is 358 Å². The van der Waals surface area contributed by atoms with Crippen molar-refractivity contribution in [2.24, 2.45) is 0 Å². The van der Waals surface area contributed by atoms with Crippen LogP contribution in [-0.4, -0.2) is 46.9 Å². The molecule has 0 aromatic rings. The number of hydrogen-bond donors (Lipinski definition) is 3. The molecule has 58 heavy (non-hydrogen) atoms. The summed E-state index contributed by atoms with van der Waals surface area (Å²) in [4.78, 5) is 26.1. The van der Waals surface area contributed by atoms with Gasteiger partial charge in [0.2, 0.25) is 5.91 Å². The smallest absolute Gasteiger partial charge is 0.306 e. The lowest BCUT2D eigenvalue weighted by molar-refractivity contribution is -0.151. The van der Waals surface area contributed by atoms with E-state index in [4.69, 9.17) is 4.74 Å². The number of hydrogen-bond acceptors (Lipinski definition) is 5. The Morgan fingerprint density at radius 3 is 1.60 bits per heavy atom. The van der Waals surface area contributed by atoms with Crippen molar-refractivity contribution in [2.45, 2.75) is 238 Å². The molecule has 6 nitrogen and oxygen atoms in total. The van der Waals surface area contributed by atoms with Crippen molar-refractivity contribution in [2.75, 3.05) is 6.61 Å². The van der Waals surface area contributed by atoms with Gasteiger partial charge in [-0.3, -0.25) is 9.59 Å². The van der Waals surface area contributed by atoms with Gasteiger partial charge in [-0.05, 0) is 77.0 Å². The highest BCUT2D eigenvalue weighted by Crippen LogP contribution is 2.17. The molecule has 0 aliphatic carbocycles. The Hall–Kier alpha value is -2.70. The number of nitrogens with one attached hydrogen (secondary N) is 1. The molecule has 3 N–H and O–H groups in total. The first-order valence-corrected chi connectivity index (χ1v) is 24.2. The van der Waals surface area contributed by atoms with Gasteiger partial charge in [0.1, 0.15) is 6.10 Å². The predicted octanol–water partition coefficient (Wildman–Crippen LogP) is 14.2. The van der Waals surface area contributed by atoms with Gasteiger partial charge in [0.15, 0.2) is 0 Å². The minimum absolute atomic E-state index is 0.0556. The van der Waals surface area contributed by atoms with Crippen LogP contribution in [0.2, 0.25) is 0 Å². The number of allylic oxidation sites excluding steroid dienone is 12. The second kappa shape index (κ2) is 45.4. The molecule has 6 heteroatoms. The van der Waals surface area contributed by atoms with E-state index in [9.17, 15) is 19.8 Å². The summed E-state index contributed by atoms with van der Waals surface area (Å²) in [6.45, 7) is 6.21. The van der Waals surface area contributed by atoms with Gasteiger partial charge in [-0.25, -0.2) is 0 Å². The molecule has 0 aromatic carbocycles. The quantitative estimate of drug-likeness (QED) is 0.0247. The number of ether oxygens (including phenoxy) is 1. The van der Waals surface area contributed by atoms with Crippen molar-refractivity contribution in [3.8, 4) is 0 Å². The van der Waals surface area contributed by atoms with Crippen molar-refractivity contribution in [3.05, 3.63) is 72.9 Å². The zero-order valence-corrected chi connectivity index (χ0v) is 37.9. The third-order valence-corrected chi connectivity index (χ3v) is 10.6. The Bertz CT molecular complexity index is 1090. The van der Waals surface area contributed by atoms with Gasteiger partial charge in [-0.2, -0.15) is 0 Å². The summed E-state index contributed by atoms with van der Waals surface area (Å²) < 4.78 is 5.91. The van der Waals surface area contributed by atoms with Crippen molar-refractivity contribution >= 4 is 11.9 Å². The standard InChI is InChI=1S/C52H91NO5/c1-4-7-10-13-16-19-22-24-25-26-28-30-33-36-39-42-45-52(57)58-48(43-40-37-34-31-29-27-23-20-17-14-11-8-5-2)46-51(56)53-49(47-54)50(55)44-41-38-35-32-21-18-15-12-9-6-3/h7-8,10-11,14,16-17,19-20,23-25,48-50,54-55H,4-6,9,12-13,15,18,21-22,26-47H2,1-3H3,(H,53,56)/b10-7+,11-8+,17-14+,19-16+,23-20+,25-24+. The SMILES string of the molecule is CC/C=C/C=C/C=C/CCCCCCCC(CC(=O)NC(CO)C(O)CCCCCCCCCCCC)OC(=O)CCCCCCCC/C=C/C/C=C/C/C=C/CC. The molecular weight excluding hydrogens is 719 g/mol. The molecule has 0 spiro atoms. The monoisotopic (exact) mass is 810 g/mol. The fraction of sp³-hybridized carbons (Fsp3) is 0.731. The molecule has 0 radical (unpaired) electrons. The largest absolute Gasteiger partial charge is 0.462 e. The highest BCUT2D eigenvalue weighted by molar-refractivity contribution is 5.77. The van der Waals surface area contributed by atoms with E-state index in [1.165, 1.54) is 64.2 Å². The minimum Gasteiger partial charge on any atom is -0.462 e. The zero-order chi connectivity index (χ0) is 42.4. The van der Waals surface area contributed by atoms with E-state index in [-0.39, 0.29) is 24.9 Å². The molecule has 0 bridgehead atoms. The highest BCUT2D eigenvalue weighted by atomic mass is 16.5. The first-order valence-electron chi connectivity index (χ1n) is 24.2. The third-order valence-electron chi connectivity index (χ3n) is 10.6. The molecule has 0 rings (SSSR count). The van der Waals surface area contributed by atoms with E-state index in [2.05, 4.69) is 99.0 Å². The fourth-order valence-electron chi connectivity index (χ4n) is 6.97. The Kier molecular flexibility index (Phi) is 43.3. The summed E-state index contributed by atoms with van der Waals surface area (Å²) in [5.74, 6) is -0.514. The lowest BCUT2D eigenvalue weighted by Gasteiger charge is -2.24. The number of esters is 1. The van der Waals surface area contributed by atoms with Crippen LogP contribution in [0.4, 0.5) is 0 Å². The van der Waals surface area contributed by atoms with Crippen LogP contribution in [0.3, 0.4) is 0 Å². The number of carbonyl (C=O) groups is 2. The van der Waals surface area contributed by atoms with Gasteiger partial charge < -0.3 is 20.3 Å². The highest BCUT2D eigenvalue weighted by Gasteiger charge is 2.24. The van der Waals surface area contributed by atoms with Crippen molar-refractivity contribution in [1.82, 2.24) is 5.32 Å². The zero-order valence-electron chi connectivity index (χ0n) is 37.9. The molecule has 1 amide bonds. The maximum atomic E-state index is 13.2. The van der Waals surface area contributed by atoms with E-state index >= 15 is 0 Å². The van der Waals surface area contributed by atoms with E-state index in [1.807, 2.05) is 0 Å². The summed E-state index contributed by atoms with van der Waals surface area (Å²) >= 11 is 0. The maximum absolute atomic E-state index is 13.2.